The molecule has 4 heteroatoms. The van der Waals surface area contributed by atoms with E-state index < -0.39 is 6.04 Å². The summed E-state index contributed by atoms with van der Waals surface area (Å²) in [4.78, 5) is 13.9. The van der Waals surface area contributed by atoms with Crippen LogP contribution in [0, 0.1) is 11.8 Å². The summed E-state index contributed by atoms with van der Waals surface area (Å²) < 4.78 is 0. The van der Waals surface area contributed by atoms with Crippen molar-refractivity contribution in [1.82, 2.24) is 4.90 Å². The smallest absolute Gasteiger partial charge is 0.239 e. The summed E-state index contributed by atoms with van der Waals surface area (Å²) in [7, 11) is 0. The standard InChI is InChI=1S/C12H24N2O2/c1-4-8(2)11(13)12(16)14-6-5-10(15)9(3)7-14/h8-11,15H,4-7,13H2,1-3H3. The van der Waals surface area contributed by atoms with Gasteiger partial charge in [-0.1, -0.05) is 27.2 Å². The second kappa shape index (κ2) is 5.64. The summed E-state index contributed by atoms with van der Waals surface area (Å²) in [5, 5.41) is 9.60. The predicted molar refractivity (Wildman–Crippen MR) is 63.8 cm³/mol. The predicted octanol–water partition coefficient (Wildman–Crippen LogP) is 0.589. The van der Waals surface area contributed by atoms with Crippen LogP contribution in [-0.4, -0.2) is 41.1 Å². The van der Waals surface area contributed by atoms with Gasteiger partial charge >= 0.3 is 0 Å². The first-order chi connectivity index (χ1) is 7.47. The molecule has 0 spiro atoms. The highest BCUT2D eigenvalue weighted by atomic mass is 16.3. The number of nitrogens with two attached hydrogens (primary N) is 1. The third kappa shape index (κ3) is 2.95. The van der Waals surface area contributed by atoms with Crippen LogP contribution in [-0.2, 0) is 4.79 Å². The second-order valence-corrected chi connectivity index (χ2v) is 5.03. The van der Waals surface area contributed by atoms with Gasteiger partial charge in [-0.15, -0.1) is 0 Å². The van der Waals surface area contributed by atoms with Crippen LogP contribution in [0.25, 0.3) is 0 Å². The Morgan fingerprint density at radius 1 is 1.62 bits per heavy atom. The van der Waals surface area contributed by atoms with Crippen molar-refractivity contribution in [1.29, 1.82) is 0 Å². The quantitative estimate of drug-likeness (QED) is 0.743. The molecule has 1 fully saturated rings. The van der Waals surface area contributed by atoms with Crippen molar-refractivity contribution in [2.24, 2.45) is 17.6 Å². The molecule has 3 N–H and O–H groups in total. The summed E-state index contributed by atoms with van der Waals surface area (Å²) in [6.07, 6.45) is 1.31. The van der Waals surface area contributed by atoms with Gasteiger partial charge in [0, 0.05) is 13.1 Å². The fourth-order valence-corrected chi connectivity index (χ4v) is 2.04. The van der Waals surface area contributed by atoms with Crippen molar-refractivity contribution >= 4 is 5.91 Å². The van der Waals surface area contributed by atoms with E-state index in [-0.39, 0.29) is 23.8 Å². The molecule has 0 aliphatic carbocycles. The molecule has 0 aromatic carbocycles. The van der Waals surface area contributed by atoms with E-state index in [2.05, 4.69) is 0 Å². The zero-order valence-electron chi connectivity index (χ0n) is 10.5. The first-order valence-corrected chi connectivity index (χ1v) is 6.19. The second-order valence-electron chi connectivity index (χ2n) is 5.03. The van der Waals surface area contributed by atoms with Crippen molar-refractivity contribution in [3.05, 3.63) is 0 Å². The first-order valence-electron chi connectivity index (χ1n) is 6.19. The summed E-state index contributed by atoms with van der Waals surface area (Å²) in [5.41, 5.74) is 5.93. The average molecular weight is 228 g/mol. The molecule has 4 unspecified atom stereocenters. The Morgan fingerprint density at radius 3 is 2.75 bits per heavy atom. The Balaban J connectivity index is 2.55. The minimum Gasteiger partial charge on any atom is -0.393 e. The summed E-state index contributed by atoms with van der Waals surface area (Å²) in [6, 6.07) is -0.396. The highest BCUT2D eigenvalue weighted by Gasteiger charge is 2.31. The first kappa shape index (κ1) is 13.5. The van der Waals surface area contributed by atoms with Crippen LogP contribution < -0.4 is 5.73 Å². The molecule has 0 radical (unpaired) electrons. The summed E-state index contributed by atoms with van der Waals surface area (Å²) >= 11 is 0. The van der Waals surface area contributed by atoms with Gasteiger partial charge in [-0.25, -0.2) is 0 Å². The number of aliphatic hydroxyl groups excluding tert-OH is 1. The van der Waals surface area contributed by atoms with Crippen molar-refractivity contribution in [2.45, 2.75) is 45.8 Å². The number of likely N-dealkylation sites (tertiary alicyclic amines) is 1. The number of carbonyl (C=O) groups is 1. The number of nitrogens with zero attached hydrogens (tertiary/aromatic N) is 1. The maximum atomic E-state index is 12.1. The van der Waals surface area contributed by atoms with Crippen LogP contribution in [0.1, 0.15) is 33.6 Å². The highest BCUT2D eigenvalue weighted by Crippen LogP contribution is 2.18. The minimum absolute atomic E-state index is 0.0353. The molecule has 1 saturated heterocycles. The molecule has 4 nitrogen and oxygen atoms in total. The van der Waals surface area contributed by atoms with Crippen LogP contribution in [0.3, 0.4) is 0 Å². The Kier molecular flexibility index (Phi) is 4.74. The maximum absolute atomic E-state index is 12.1. The monoisotopic (exact) mass is 228 g/mol. The fraction of sp³-hybridized carbons (Fsp3) is 0.917. The van der Waals surface area contributed by atoms with Gasteiger partial charge in [0.2, 0.25) is 5.91 Å². The third-order valence-corrected chi connectivity index (χ3v) is 3.71. The molecule has 0 aromatic rings. The minimum atomic E-state index is -0.396. The molecule has 0 aromatic heterocycles. The molecule has 4 atom stereocenters. The number of hydrogen-bond acceptors (Lipinski definition) is 3. The van der Waals surface area contributed by atoms with E-state index in [0.29, 0.717) is 19.5 Å². The van der Waals surface area contributed by atoms with Crippen LogP contribution in [0.4, 0.5) is 0 Å². The Hall–Kier alpha value is -0.610. The molecule has 0 saturated carbocycles. The molecule has 16 heavy (non-hydrogen) atoms. The van der Waals surface area contributed by atoms with E-state index in [1.807, 2.05) is 20.8 Å². The van der Waals surface area contributed by atoms with E-state index >= 15 is 0 Å². The van der Waals surface area contributed by atoms with Gasteiger partial charge in [0.15, 0.2) is 0 Å². The van der Waals surface area contributed by atoms with Crippen molar-refractivity contribution in [3.8, 4) is 0 Å². The SMILES string of the molecule is CCC(C)C(N)C(=O)N1CCC(O)C(C)C1. The van der Waals surface area contributed by atoms with E-state index in [0.717, 1.165) is 6.42 Å². The topological polar surface area (TPSA) is 66.6 Å². The average Bonchev–Trinajstić information content (AvgIpc) is 2.29. The van der Waals surface area contributed by atoms with E-state index in [1.165, 1.54) is 0 Å². The van der Waals surface area contributed by atoms with Gasteiger partial charge in [-0.2, -0.15) is 0 Å². The van der Waals surface area contributed by atoms with Gasteiger partial charge < -0.3 is 15.7 Å². The molecular weight excluding hydrogens is 204 g/mol. The summed E-state index contributed by atoms with van der Waals surface area (Å²) in [6.45, 7) is 7.28. The zero-order valence-corrected chi connectivity index (χ0v) is 10.5. The molecule has 1 amide bonds. The normalized spacial score (nSPS) is 29.9. The van der Waals surface area contributed by atoms with Crippen LogP contribution in [0.2, 0.25) is 0 Å². The van der Waals surface area contributed by atoms with E-state index in [1.54, 1.807) is 4.90 Å². The lowest BCUT2D eigenvalue weighted by Crippen LogP contribution is -2.52. The molecule has 1 rings (SSSR count). The van der Waals surface area contributed by atoms with Crippen LogP contribution in [0.15, 0.2) is 0 Å². The number of amides is 1. The largest absolute Gasteiger partial charge is 0.393 e. The lowest BCUT2D eigenvalue weighted by atomic mass is 9.94. The Morgan fingerprint density at radius 2 is 2.25 bits per heavy atom. The number of hydrogen-bond donors (Lipinski definition) is 2. The summed E-state index contributed by atoms with van der Waals surface area (Å²) in [5.74, 6) is 0.407. The number of aliphatic hydroxyl groups is 1. The van der Waals surface area contributed by atoms with Crippen LogP contribution in [0.5, 0.6) is 0 Å². The van der Waals surface area contributed by atoms with Gasteiger partial charge in [-0.05, 0) is 18.3 Å². The number of carbonyl (C=O) groups excluding carboxylic acids is 1. The van der Waals surface area contributed by atoms with E-state index in [9.17, 15) is 9.90 Å². The fourth-order valence-electron chi connectivity index (χ4n) is 2.04. The maximum Gasteiger partial charge on any atom is 0.239 e. The Labute approximate surface area is 97.8 Å². The molecule has 94 valence electrons. The lowest BCUT2D eigenvalue weighted by molar-refractivity contribution is -0.137. The van der Waals surface area contributed by atoms with Gasteiger partial charge in [0.25, 0.3) is 0 Å². The van der Waals surface area contributed by atoms with Gasteiger partial charge in [-0.3, -0.25) is 4.79 Å². The molecule has 1 heterocycles. The van der Waals surface area contributed by atoms with Gasteiger partial charge in [0.1, 0.15) is 0 Å². The van der Waals surface area contributed by atoms with Crippen LogP contribution >= 0.6 is 0 Å². The lowest BCUT2D eigenvalue weighted by Gasteiger charge is -2.36. The highest BCUT2D eigenvalue weighted by molar-refractivity contribution is 5.82. The Bertz CT molecular complexity index is 245. The van der Waals surface area contributed by atoms with Crippen molar-refractivity contribution in [2.75, 3.05) is 13.1 Å². The molecule has 1 aliphatic heterocycles. The number of rotatable bonds is 3. The van der Waals surface area contributed by atoms with Crippen molar-refractivity contribution in [3.63, 3.8) is 0 Å². The molecule has 0 bridgehead atoms. The van der Waals surface area contributed by atoms with E-state index in [4.69, 9.17) is 5.73 Å². The molecule has 1 aliphatic rings. The van der Waals surface area contributed by atoms with Gasteiger partial charge in [0.05, 0.1) is 12.1 Å². The third-order valence-electron chi connectivity index (χ3n) is 3.71. The molecular formula is C12H24N2O2. The number of piperidine rings is 1. The van der Waals surface area contributed by atoms with Crippen molar-refractivity contribution < 1.29 is 9.90 Å². The zero-order chi connectivity index (χ0) is 12.3.